The number of pyridine rings is 1. The molecule has 1 aliphatic carbocycles. The lowest BCUT2D eigenvalue weighted by Crippen LogP contribution is -2.39. The molecule has 1 N–H and O–H groups in total. The van der Waals surface area contributed by atoms with Gasteiger partial charge in [-0.25, -0.2) is 13.8 Å². The number of nitrogens with one attached hydrogen (secondary N) is 1. The summed E-state index contributed by atoms with van der Waals surface area (Å²) < 4.78 is 44.9. The number of anilines is 1. The first-order valence-electron chi connectivity index (χ1n) is 11.4. The van der Waals surface area contributed by atoms with Gasteiger partial charge in [-0.2, -0.15) is 5.10 Å². The van der Waals surface area contributed by atoms with E-state index in [4.69, 9.17) is 19.3 Å². The standard InChI is InChI=1S/C24H26F2N4O4.ClH/c1-32-16-10-17(11-16)34-21-12-20-14(13-30(29-20)15-5-7-33-8-6-15)9-18(21)24(31)28-22-4-2-3-19(27-22)23(25)26;/h2-4,9,12-13,15-17,23H,5-8,10-11H2,1H3,(H,27,28,31);1H. The van der Waals surface area contributed by atoms with E-state index in [0.29, 0.717) is 24.5 Å². The Morgan fingerprint density at radius 2 is 1.97 bits per heavy atom. The fraction of sp³-hybridized carbons (Fsp3) is 0.458. The van der Waals surface area contributed by atoms with Gasteiger partial charge in [0.2, 0.25) is 0 Å². The quantitative estimate of drug-likeness (QED) is 0.486. The zero-order chi connectivity index (χ0) is 23.7. The highest BCUT2D eigenvalue weighted by molar-refractivity contribution is 6.08. The molecule has 35 heavy (non-hydrogen) atoms. The Labute approximate surface area is 207 Å². The number of amides is 1. The van der Waals surface area contributed by atoms with Crippen molar-refractivity contribution >= 4 is 35.0 Å². The number of hydrogen-bond donors (Lipinski definition) is 1. The maximum Gasteiger partial charge on any atom is 0.280 e. The molecule has 0 unspecified atom stereocenters. The van der Waals surface area contributed by atoms with E-state index in [9.17, 15) is 13.6 Å². The van der Waals surface area contributed by atoms with Crippen LogP contribution in [0.15, 0.2) is 36.5 Å². The van der Waals surface area contributed by atoms with Gasteiger partial charge in [0.25, 0.3) is 12.3 Å². The van der Waals surface area contributed by atoms with Gasteiger partial charge < -0.3 is 19.5 Å². The van der Waals surface area contributed by atoms with Gasteiger partial charge in [-0.3, -0.25) is 9.48 Å². The van der Waals surface area contributed by atoms with E-state index in [1.807, 2.05) is 10.9 Å². The van der Waals surface area contributed by atoms with Crippen LogP contribution in [0.3, 0.4) is 0 Å². The van der Waals surface area contributed by atoms with E-state index in [0.717, 1.165) is 36.6 Å². The van der Waals surface area contributed by atoms with Crippen molar-refractivity contribution in [3.8, 4) is 5.75 Å². The first-order chi connectivity index (χ1) is 16.5. The number of ether oxygens (including phenoxy) is 3. The minimum atomic E-state index is -2.73. The fourth-order valence-corrected chi connectivity index (χ4v) is 4.30. The third-order valence-corrected chi connectivity index (χ3v) is 6.35. The van der Waals surface area contributed by atoms with Gasteiger partial charge >= 0.3 is 0 Å². The predicted octanol–water partition coefficient (Wildman–Crippen LogP) is 4.95. The van der Waals surface area contributed by atoms with E-state index in [1.165, 1.54) is 18.2 Å². The first-order valence-corrected chi connectivity index (χ1v) is 11.4. The molecule has 0 atom stereocenters. The lowest BCUT2D eigenvalue weighted by Gasteiger charge is -2.34. The minimum absolute atomic E-state index is 0. The topological polar surface area (TPSA) is 87.5 Å². The Morgan fingerprint density at radius 3 is 2.69 bits per heavy atom. The van der Waals surface area contributed by atoms with Crippen molar-refractivity contribution in [2.24, 2.45) is 0 Å². The summed E-state index contributed by atoms with van der Waals surface area (Å²) in [6.45, 7) is 1.38. The molecule has 1 saturated heterocycles. The summed E-state index contributed by atoms with van der Waals surface area (Å²) in [5, 5.41) is 8.14. The first kappa shape index (κ1) is 25.3. The lowest BCUT2D eigenvalue weighted by molar-refractivity contribution is -0.0382. The Balaban J connectivity index is 0.00000289. The molecule has 5 rings (SSSR count). The lowest BCUT2D eigenvalue weighted by atomic mass is 9.92. The number of alkyl halides is 2. The second-order valence-electron chi connectivity index (χ2n) is 8.63. The van der Waals surface area contributed by atoms with Gasteiger partial charge in [-0.05, 0) is 31.0 Å². The molecule has 0 radical (unpaired) electrons. The number of carbonyl (C=O) groups is 1. The normalized spacial score (nSPS) is 20.3. The monoisotopic (exact) mass is 508 g/mol. The molecule has 1 saturated carbocycles. The van der Waals surface area contributed by atoms with E-state index >= 15 is 0 Å². The van der Waals surface area contributed by atoms with Crippen LogP contribution in [-0.4, -0.2) is 53.2 Å². The van der Waals surface area contributed by atoms with E-state index < -0.39 is 18.0 Å². The van der Waals surface area contributed by atoms with Crippen molar-refractivity contribution in [1.29, 1.82) is 0 Å². The number of rotatable bonds is 7. The van der Waals surface area contributed by atoms with Gasteiger partial charge in [0, 0.05) is 50.8 Å². The van der Waals surface area contributed by atoms with Crippen molar-refractivity contribution in [3.05, 3.63) is 47.8 Å². The summed E-state index contributed by atoms with van der Waals surface area (Å²) in [5.41, 5.74) is 0.616. The number of hydrogen-bond acceptors (Lipinski definition) is 6. The van der Waals surface area contributed by atoms with Crippen LogP contribution in [0.25, 0.3) is 10.9 Å². The highest BCUT2D eigenvalue weighted by atomic mass is 35.5. The van der Waals surface area contributed by atoms with Crippen LogP contribution in [0.1, 0.15) is 54.2 Å². The molecule has 11 heteroatoms. The summed E-state index contributed by atoms with van der Waals surface area (Å²) in [6, 6.07) is 7.85. The molecular weight excluding hydrogens is 482 g/mol. The Bertz CT molecular complexity index is 1180. The average molecular weight is 509 g/mol. The maximum atomic E-state index is 13.2. The van der Waals surface area contributed by atoms with Crippen molar-refractivity contribution in [3.63, 3.8) is 0 Å². The molecule has 2 fully saturated rings. The van der Waals surface area contributed by atoms with Gasteiger partial charge in [-0.1, -0.05) is 6.07 Å². The van der Waals surface area contributed by atoms with Crippen molar-refractivity contribution < 1.29 is 27.8 Å². The van der Waals surface area contributed by atoms with Crippen LogP contribution >= 0.6 is 12.4 Å². The second kappa shape index (κ2) is 10.8. The summed E-state index contributed by atoms with van der Waals surface area (Å²) >= 11 is 0. The highest BCUT2D eigenvalue weighted by Crippen LogP contribution is 2.33. The molecule has 0 bridgehead atoms. The summed E-state index contributed by atoms with van der Waals surface area (Å²) in [4.78, 5) is 17.0. The molecule has 3 aromatic rings. The molecule has 8 nitrogen and oxygen atoms in total. The van der Waals surface area contributed by atoms with E-state index in [-0.39, 0.29) is 36.5 Å². The Hall–Kier alpha value is -2.82. The summed E-state index contributed by atoms with van der Waals surface area (Å²) in [5.74, 6) is -0.0427. The molecule has 2 aromatic heterocycles. The molecule has 1 aliphatic heterocycles. The Morgan fingerprint density at radius 1 is 1.20 bits per heavy atom. The number of methoxy groups -OCH3 is 1. The molecule has 3 heterocycles. The van der Waals surface area contributed by atoms with Crippen molar-refractivity contribution in [2.45, 2.75) is 50.4 Å². The van der Waals surface area contributed by atoms with Crippen LogP contribution < -0.4 is 10.1 Å². The van der Waals surface area contributed by atoms with E-state index in [1.54, 1.807) is 19.2 Å². The predicted molar refractivity (Wildman–Crippen MR) is 128 cm³/mol. The van der Waals surface area contributed by atoms with Crippen LogP contribution in [0.5, 0.6) is 5.75 Å². The van der Waals surface area contributed by atoms with Crippen LogP contribution in [0.4, 0.5) is 14.6 Å². The molecule has 1 amide bonds. The Kier molecular flexibility index (Phi) is 7.83. The smallest absolute Gasteiger partial charge is 0.280 e. The van der Waals surface area contributed by atoms with Gasteiger partial charge in [0.1, 0.15) is 23.4 Å². The number of benzene rings is 1. The van der Waals surface area contributed by atoms with Crippen LogP contribution in [-0.2, 0) is 9.47 Å². The van der Waals surface area contributed by atoms with Gasteiger partial charge in [0.05, 0.1) is 23.2 Å². The SMILES string of the molecule is COC1CC(Oc2cc3nn(C4CCOCC4)cc3cc2C(=O)Nc2cccc(C(F)F)n2)C1.Cl. The zero-order valence-corrected chi connectivity index (χ0v) is 20.0. The van der Waals surface area contributed by atoms with Gasteiger partial charge in [0.15, 0.2) is 0 Å². The summed E-state index contributed by atoms with van der Waals surface area (Å²) in [6.07, 6.45) is 2.46. The maximum absolute atomic E-state index is 13.2. The van der Waals surface area contributed by atoms with E-state index in [2.05, 4.69) is 10.3 Å². The average Bonchev–Trinajstić information content (AvgIpc) is 3.24. The number of fused-ring (bicyclic) bond motifs is 1. The minimum Gasteiger partial charge on any atom is -0.489 e. The number of carbonyl (C=O) groups excluding carboxylic acids is 1. The molecule has 2 aliphatic rings. The van der Waals surface area contributed by atoms with Crippen LogP contribution in [0.2, 0.25) is 0 Å². The second-order valence-corrected chi connectivity index (χ2v) is 8.63. The van der Waals surface area contributed by atoms with Crippen molar-refractivity contribution in [1.82, 2.24) is 14.8 Å². The zero-order valence-electron chi connectivity index (χ0n) is 19.2. The highest BCUT2D eigenvalue weighted by Gasteiger charge is 2.32. The number of halogens is 3. The summed E-state index contributed by atoms with van der Waals surface area (Å²) in [7, 11) is 1.66. The molecule has 1 aromatic carbocycles. The third kappa shape index (κ3) is 5.55. The van der Waals surface area contributed by atoms with Gasteiger partial charge in [-0.15, -0.1) is 12.4 Å². The molecular formula is C24H27ClF2N4O4. The number of nitrogens with zero attached hydrogens (tertiary/aromatic N) is 3. The largest absolute Gasteiger partial charge is 0.489 e. The van der Waals surface area contributed by atoms with Crippen LogP contribution in [0, 0.1) is 0 Å². The number of aromatic nitrogens is 3. The fourth-order valence-electron chi connectivity index (χ4n) is 4.30. The molecule has 188 valence electrons. The third-order valence-electron chi connectivity index (χ3n) is 6.35. The van der Waals surface area contributed by atoms with Crippen molar-refractivity contribution in [2.75, 3.05) is 25.6 Å². The molecule has 0 spiro atoms.